The van der Waals surface area contributed by atoms with Crippen LogP contribution in [0.4, 0.5) is 0 Å². The molecule has 0 radical (unpaired) electrons. The standard InChI is InChI=1S/2C4H6O4.C3H12N2O6P2/c2*5-3(6)1-2-4(7)8;4-1-2(5)3(12(6,7)8)13(9,10)11/h2*1-2H2,(H,5,6)(H,7,8);2-3H,1,4-5H2,(H2,6,7,8)(H2,9,10,11)/t;;2-/m..0/s1. The predicted octanol–water partition coefficient (Wildman–Crippen LogP) is -2.17. The summed E-state index contributed by atoms with van der Waals surface area (Å²) in [5, 5.41) is 29.4. The highest BCUT2D eigenvalue weighted by molar-refractivity contribution is 7.71. The largest absolute Gasteiger partial charge is 0.481 e. The maximum absolute atomic E-state index is 10.6. The Hall–Kier alpha value is -1.90. The number of carboxylic acids is 4. The zero-order chi connectivity index (χ0) is 24.0. The van der Waals surface area contributed by atoms with Gasteiger partial charge in [0.25, 0.3) is 0 Å². The number of nitrogens with two attached hydrogens (primary N) is 2. The van der Waals surface area contributed by atoms with Crippen LogP contribution in [0, 0.1) is 0 Å². The van der Waals surface area contributed by atoms with E-state index in [1.54, 1.807) is 0 Å². The Kier molecular flexibility index (Phi) is 16.4. The highest BCUT2D eigenvalue weighted by atomic mass is 31.2. The van der Waals surface area contributed by atoms with Crippen molar-refractivity contribution in [3.05, 3.63) is 0 Å². The molecule has 0 rings (SSSR count). The highest BCUT2D eigenvalue weighted by Crippen LogP contribution is 2.60. The van der Waals surface area contributed by atoms with Gasteiger partial charge in [-0.25, -0.2) is 0 Å². The molecule has 0 aliphatic carbocycles. The van der Waals surface area contributed by atoms with E-state index in [1.165, 1.54) is 0 Å². The molecule has 0 amide bonds. The van der Waals surface area contributed by atoms with Crippen molar-refractivity contribution in [1.82, 2.24) is 0 Å². The summed E-state index contributed by atoms with van der Waals surface area (Å²) in [6, 6.07) is -1.43. The number of hydrogen-bond acceptors (Lipinski definition) is 8. The van der Waals surface area contributed by atoms with E-state index < -0.39 is 57.1 Å². The molecular weight excluding hydrogens is 446 g/mol. The van der Waals surface area contributed by atoms with Crippen LogP contribution in [0.1, 0.15) is 25.7 Å². The quantitative estimate of drug-likeness (QED) is 0.152. The van der Waals surface area contributed by atoms with Crippen molar-refractivity contribution >= 4 is 39.1 Å². The van der Waals surface area contributed by atoms with Crippen LogP contribution in [0.2, 0.25) is 0 Å². The van der Waals surface area contributed by atoms with Crippen molar-refractivity contribution in [1.29, 1.82) is 0 Å². The second-order valence-corrected chi connectivity index (χ2v) is 8.94. The van der Waals surface area contributed by atoms with Crippen LogP contribution in [0.25, 0.3) is 0 Å². The van der Waals surface area contributed by atoms with Crippen molar-refractivity contribution in [3.8, 4) is 0 Å². The normalized spacial score (nSPS) is 12.0. The smallest absolute Gasteiger partial charge is 0.342 e. The lowest BCUT2D eigenvalue weighted by Gasteiger charge is -2.23. The van der Waals surface area contributed by atoms with Crippen LogP contribution in [0.5, 0.6) is 0 Å². The summed E-state index contributed by atoms with van der Waals surface area (Å²) >= 11 is 0. The average Bonchev–Trinajstić information content (AvgIpc) is 2.49. The van der Waals surface area contributed by atoms with E-state index in [4.69, 9.17) is 51.5 Å². The molecule has 18 heteroatoms. The van der Waals surface area contributed by atoms with Gasteiger partial charge in [0.15, 0.2) is 5.40 Å². The fraction of sp³-hybridized carbons (Fsp3) is 0.636. The maximum atomic E-state index is 10.6. The molecule has 0 bridgehead atoms. The molecule has 0 unspecified atom stereocenters. The van der Waals surface area contributed by atoms with Crippen LogP contribution in [-0.2, 0) is 28.3 Å². The van der Waals surface area contributed by atoms with Crippen molar-refractivity contribution < 1.29 is 68.3 Å². The first-order valence-corrected chi connectivity index (χ1v) is 10.7. The van der Waals surface area contributed by atoms with Crippen LogP contribution >= 0.6 is 15.2 Å². The summed E-state index contributed by atoms with van der Waals surface area (Å²) in [7, 11) is -9.88. The first-order valence-electron chi connectivity index (χ1n) is 7.29. The molecule has 0 spiro atoms. The van der Waals surface area contributed by atoms with Gasteiger partial charge in [0.2, 0.25) is 0 Å². The van der Waals surface area contributed by atoms with Crippen molar-refractivity contribution in [2.45, 2.75) is 37.1 Å². The third kappa shape index (κ3) is 22.3. The molecule has 0 aromatic rings. The van der Waals surface area contributed by atoms with Gasteiger partial charge in [0, 0.05) is 12.6 Å². The SMILES string of the molecule is NC[C@H](N)C(P(=O)(O)O)P(=O)(O)O.O=C(O)CCC(=O)O.O=C(O)CCC(=O)O. The minimum absolute atomic E-state index is 0.296. The molecule has 0 aromatic carbocycles. The number of hydrogen-bond donors (Lipinski definition) is 10. The minimum Gasteiger partial charge on any atom is -0.481 e. The fourth-order valence-corrected chi connectivity index (χ4v) is 4.05. The van der Waals surface area contributed by atoms with E-state index in [0.29, 0.717) is 0 Å². The van der Waals surface area contributed by atoms with Crippen LogP contribution < -0.4 is 11.5 Å². The molecule has 172 valence electrons. The van der Waals surface area contributed by atoms with Gasteiger partial charge in [-0.1, -0.05) is 0 Å². The van der Waals surface area contributed by atoms with Crippen LogP contribution in [-0.4, -0.2) is 81.9 Å². The van der Waals surface area contributed by atoms with E-state index in [0.717, 1.165) is 0 Å². The van der Waals surface area contributed by atoms with E-state index in [-0.39, 0.29) is 25.7 Å². The molecule has 0 aromatic heterocycles. The summed E-state index contributed by atoms with van der Waals surface area (Å²) in [4.78, 5) is 73.0. The van der Waals surface area contributed by atoms with E-state index in [2.05, 4.69) is 0 Å². The molecule has 0 saturated carbocycles. The summed E-state index contributed by atoms with van der Waals surface area (Å²) in [6.07, 6.45) is -1.19. The second kappa shape index (κ2) is 15.0. The molecule has 1 atom stereocenters. The summed E-state index contributed by atoms with van der Waals surface area (Å²) in [6.45, 7) is -0.416. The minimum atomic E-state index is -4.94. The summed E-state index contributed by atoms with van der Waals surface area (Å²) in [5.74, 6) is -4.31. The molecular formula is C11H24N2O14P2. The molecule has 0 heterocycles. The van der Waals surface area contributed by atoms with E-state index >= 15 is 0 Å². The number of carbonyl (C=O) groups is 4. The van der Waals surface area contributed by atoms with Gasteiger partial charge in [-0.2, -0.15) is 0 Å². The summed E-state index contributed by atoms with van der Waals surface area (Å²) < 4.78 is 21.3. The number of aliphatic carboxylic acids is 4. The lowest BCUT2D eigenvalue weighted by molar-refractivity contribution is -0.143. The van der Waals surface area contributed by atoms with Gasteiger partial charge in [0.1, 0.15) is 0 Å². The third-order valence-electron chi connectivity index (χ3n) is 2.45. The van der Waals surface area contributed by atoms with Gasteiger partial charge in [0.05, 0.1) is 25.7 Å². The van der Waals surface area contributed by atoms with Gasteiger partial charge in [-0.3, -0.25) is 28.3 Å². The van der Waals surface area contributed by atoms with Gasteiger partial charge in [-0.15, -0.1) is 0 Å². The van der Waals surface area contributed by atoms with Crippen molar-refractivity contribution in [2.75, 3.05) is 6.54 Å². The average molecular weight is 470 g/mol. The van der Waals surface area contributed by atoms with Crippen LogP contribution in [0.15, 0.2) is 0 Å². The second-order valence-electron chi connectivity index (χ2n) is 5.07. The number of rotatable bonds is 10. The van der Waals surface area contributed by atoms with Crippen molar-refractivity contribution in [2.24, 2.45) is 11.5 Å². The predicted molar refractivity (Wildman–Crippen MR) is 93.9 cm³/mol. The Balaban J connectivity index is -0.000000368. The van der Waals surface area contributed by atoms with Gasteiger partial charge in [-0.05, 0) is 0 Å². The zero-order valence-electron chi connectivity index (χ0n) is 14.8. The Bertz CT molecular complexity index is 563. The molecule has 16 nitrogen and oxygen atoms in total. The zero-order valence-corrected chi connectivity index (χ0v) is 16.6. The molecule has 0 fully saturated rings. The first-order chi connectivity index (χ1) is 12.9. The Morgan fingerprint density at radius 3 is 0.931 bits per heavy atom. The molecule has 29 heavy (non-hydrogen) atoms. The van der Waals surface area contributed by atoms with Crippen molar-refractivity contribution in [3.63, 3.8) is 0 Å². The topological polar surface area (TPSA) is 316 Å². The molecule has 0 aliphatic heterocycles. The fourth-order valence-electron chi connectivity index (χ4n) is 1.24. The third-order valence-corrected chi connectivity index (χ3v) is 6.40. The van der Waals surface area contributed by atoms with Gasteiger partial charge >= 0.3 is 39.1 Å². The Labute approximate surface area is 163 Å². The maximum Gasteiger partial charge on any atom is 0.342 e. The van der Waals surface area contributed by atoms with E-state index in [9.17, 15) is 28.3 Å². The molecule has 0 saturated heterocycles. The lowest BCUT2D eigenvalue weighted by Crippen LogP contribution is -2.40. The Morgan fingerprint density at radius 2 is 0.862 bits per heavy atom. The summed E-state index contributed by atoms with van der Waals surface area (Å²) in [5.41, 5.74) is 10.0. The highest BCUT2D eigenvalue weighted by Gasteiger charge is 2.46. The lowest BCUT2D eigenvalue weighted by atomic mass is 10.3. The van der Waals surface area contributed by atoms with Gasteiger partial charge < -0.3 is 51.5 Å². The number of carboxylic acid groups (broad SMARTS) is 4. The van der Waals surface area contributed by atoms with Crippen LogP contribution in [0.3, 0.4) is 0 Å². The Morgan fingerprint density at radius 1 is 0.655 bits per heavy atom. The van der Waals surface area contributed by atoms with E-state index in [1.807, 2.05) is 0 Å². The first kappa shape index (κ1) is 31.8. The monoisotopic (exact) mass is 470 g/mol. The molecule has 0 aliphatic rings. The molecule has 12 N–H and O–H groups in total.